The number of amides is 1. The Morgan fingerprint density at radius 3 is 2.86 bits per heavy atom. The van der Waals surface area contributed by atoms with Crippen LogP contribution in [0.4, 0.5) is 17.1 Å². The lowest BCUT2D eigenvalue weighted by Crippen LogP contribution is -2.09. The fourth-order valence-corrected chi connectivity index (χ4v) is 2.86. The molecule has 2 aromatic carbocycles. The van der Waals surface area contributed by atoms with E-state index in [1.54, 1.807) is 0 Å². The molecular formula is C16H16ClN3O. The van der Waals surface area contributed by atoms with E-state index in [0.717, 1.165) is 22.5 Å². The molecular weight excluding hydrogens is 286 g/mol. The third-order valence-electron chi connectivity index (χ3n) is 3.64. The predicted octanol–water partition coefficient (Wildman–Crippen LogP) is 3.59. The average Bonchev–Trinajstić information content (AvgIpc) is 2.78. The molecule has 0 fully saturated rings. The van der Waals surface area contributed by atoms with Crippen LogP contribution >= 0.6 is 11.6 Å². The smallest absolute Gasteiger partial charge is 0.228 e. The average molecular weight is 302 g/mol. The number of carbonyl (C=O) groups excluding carboxylic acids is 1. The van der Waals surface area contributed by atoms with Crippen LogP contribution in [0.25, 0.3) is 0 Å². The van der Waals surface area contributed by atoms with E-state index in [4.69, 9.17) is 17.3 Å². The van der Waals surface area contributed by atoms with E-state index >= 15 is 0 Å². The second kappa shape index (κ2) is 5.30. The molecule has 2 aromatic rings. The normalized spacial score (nSPS) is 14.5. The summed E-state index contributed by atoms with van der Waals surface area (Å²) in [6, 6.07) is 11.4. The molecule has 4 N–H and O–H groups in total. The molecule has 0 saturated heterocycles. The van der Waals surface area contributed by atoms with Crippen LogP contribution in [0, 0.1) is 0 Å². The predicted molar refractivity (Wildman–Crippen MR) is 86.7 cm³/mol. The molecule has 0 bridgehead atoms. The van der Waals surface area contributed by atoms with Crippen molar-refractivity contribution in [2.45, 2.75) is 19.4 Å². The van der Waals surface area contributed by atoms with E-state index < -0.39 is 0 Å². The molecule has 0 spiro atoms. The molecule has 0 radical (unpaired) electrons. The van der Waals surface area contributed by atoms with Crippen LogP contribution in [-0.4, -0.2) is 5.91 Å². The quantitative estimate of drug-likeness (QED) is 0.759. The van der Waals surface area contributed by atoms with E-state index in [9.17, 15) is 4.79 Å². The molecule has 4 nitrogen and oxygen atoms in total. The topological polar surface area (TPSA) is 67.1 Å². The molecule has 108 valence electrons. The molecule has 1 atom stereocenters. The molecule has 0 aliphatic carbocycles. The van der Waals surface area contributed by atoms with Gasteiger partial charge in [-0.15, -0.1) is 0 Å². The number of fused-ring (bicyclic) bond motifs is 1. The van der Waals surface area contributed by atoms with Gasteiger partial charge in [-0.2, -0.15) is 0 Å². The molecule has 1 amide bonds. The highest BCUT2D eigenvalue weighted by molar-refractivity contribution is 6.31. The van der Waals surface area contributed by atoms with Crippen molar-refractivity contribution < 1.29 is 4.79 Å². The zero-order valence-corrected chi connectivity index (χ0v) is 12.4. The Hall–Kier alpha value is -2.20. The van der Waals surface area contributed by atoms with Gasteiger partial charge in [0.2, 0.25) is 5.91 Å². The van der Waals surface area contributed by atoms with Gasteiger partial charge in [0, 0.05) is 10.7 Å². The van der Waals surface area contributed by atoms with Gasteiger partial charge in [0.15, 0.2) is 0 Å². The second-order valence-corrected chi connectivity index (χ2v) is 5.62. The first-order valence-corrected chi connectivity index (χ1v) is 7.15. The Balaban J connectivity index is 1.87. The van der Waals surface area contributed by atoms with Gasteiger partial charge < -0.3 is 16.4 Å². The number of nitrogens with two attached hydrogens (primary N) is 1. The Morgan fingerprint density at radius 1 is 1.33 bits per heavy atom. The number of nitrogens with one attached hydrogen (secondary N) is 2. The highest BCUT2D eigenvalue weighted by Gasteiger charge is 2.20. The summed E-state index contributed by atoms with van der Waals surface area (Å²) in [5.41, 5.74) is 10.3. The van der Waals surface area contributed by atoms with E-state index in [2.05, 4.69) is 10.6 Å². The van der Waals surface area contributed by atoms with Gasteiger partial charge in [-0.25, -0.2) is 0 Å². The Labute approximate surface area is 128 Å². The lowest BCUT2D eigenvalue weighted by Gasteiger charge is -2.19. The lowest BCUT2D eigenvalue weighted by molar-refractivity contribution is -0.115. The zero-order chi connectivity index (χ0) is 15.0. The van der Waals surface area contributed by atoms with Crippen molar-refractivity contribution in [3.63, 3.8) is 0 Å². The minimum Gasteiger partial charge on any atom is -0.397 e. The number of hydrogen-bond acceptors (Lipinski definition) is 3. The van der Waals surface area contributed by atoms with Crippen LogP contribution in [0.3, 0.4) is 0 Å². The highest BCUT2D eigenvalue weighted by Crippen LogP contribution is 2.34. The molecule has 0 saturated carbocycles. The zero-order valence-electron chi connectivity index (χ0n) is 11.6. The minimum atomic E-state index is 0.000650. The summed E-state index contributed by atoms with van der Waals surface area (Å²) in [6.45, 7) is 2.02. The standard InChI is InChI=1S/C16H16ClN3O/c1-9(11-4-2-3-5-12(11)17)19-15-8-14-10(6-13(15)18)7-16(21)20-14/h2-6,8-9,19H,7,18H2,1H3,(H,20,21). The number of anilines is 3. The Morgan fingerprint density at radius 2 is 2.10 bits per heavy atom. The second-order valence-electron chi connectivity index (χ2n) is 5.21. The van der Waals surface area contributed by atoms with Crippen molar-refractivity contribution in [2.24, 2.45) is 0 Å². The van der Waals surface area contributed by atoms with Gasteiger partial charge >= 0.3 is 0 Å². The Bertz CT molecular complexity index is 715. The first-order valence-electron chi connectivity index (χ1n) is 6.78. The summed E-state index contributed by atoms with van der Waals surface area (Å²) in [7, 11) is 0. The third-order valence-corrected chi connectivity index (χ3v) is 3.99. The molecule has 1 aliphatic heterocycles. The molecule has 0 aromatic heterocycles. The first kappa shape index (κ1) is 13.8. The first-order chi connectivity index (χ1) is 10.0. The van der Waals surface area contributed by atoms with Crippen molar-refractivity contribution in [3.8, 4) is 0 Å². The minimum absolute atomic E-state index is 0.000650. The maximum atomic E-state index is 11.4. The molecule has 1 aliphatic rings. The summed E-state index contributed by atoms with van der Waals surface area (Å²) < 4.78 is 0. The SMILES string of the molecule is CC(Nc1cc2c(cc1N)CC(=O)N2)c1ccccc1Cl. The molecule has 21 heavy (non-hydrogen) atoms. The summed E-state index contributed by atoms with van der Waals surface area (Å²) >= 11 is 6.21. The van der Waals surface area contributed by atoms with Gasteiger partial charge in [0.25, 0.3) is 0 Å². The van der Waals surface area contributed by atoms with Crippen LogP contribution in [0.5, 0.6) is 0 Å². The molecule has 5 heteroatoms. The fourth-order valence-electron chi connectivity index (χ4n) is 2.56. The molecule has 3 rings (SSSR count). The molecule has 1 heterocycles. The van der Waals surface area contributed by atoms with Gasteiger partial charge in [0.05, 0.1) is 23.8 Å². The van der Waals surface area contributed by atoms with Crippen molar-refractivity contribution in [1.82, 2.24) is 0 Å². The van der Waals surface area contributed by atoms with E-state index in [1.807, 2.05) is 43.3 Å². The monoisotopic (exact) mass is 301 g/mol. The van der Waals surface area contributed by atoms with Crippen LogP contribution in [0.1, 0.15) is 24.1 Å². The highest BCUT2D eigenvalue weighted by atomic mass is 35.5. The number of halogens is 1. The van der Waals surface area contributed by atoms with E-state index in [0.29, 0.717) is 17.1 Å². The van der Waals surface area contributed by atoms with Crippen molar-refractivity contribution in [3.05, 3.63) is 52.5 Å². The summed E-state index contributed by atoms with van der Waals surface area (Å²) in [4.78, 5) is 11.4. The van der Waals surface area contributed by atoms with Gasteiger partial charge in [-0.3, -0.25) is 4.79 Å². The van der Waals surface area contributed by atoms with Crippen LogP contribution in [0.15, 0.2) is 36.4 Å². The largest absolute Gasteiger partial charge is 0.397 e. The van der Waals surface area contributed by atoms with Gasteiger partial charge in [0.1, 0.15) is 0 Å². The summed E-state index contributed by atoms with van der Waals surface area (Å²) in [5, 5.41) is 6.89. The summed E-state index contributed by atoms with van der Waals surface area (Å²) in [6.07, 6.45) is 0.389. The number of rotatable bonds is 3. The van der Waals surface area contributed by atoms with Crippen molar-refractivity contribution >= 4 is 34.6 Å². The lowest BCUT2D eigenvalue weighted by atomic mass is 10.1. The number of carbonyl (C=O) groups is 1. The van der Waals surface area contributed by atoms with Crippen LogP contribution < -0.4 is 16.4 Å². The van der Waals surface area contributed by atoms with Crippen LogP contribution in [-0.2, 0) is 11.2 Å². The summed E-state index contributed by atoms with van der Waals surface area (Å²) in [5.74, 6) is 0.000650. The fraction of sp³-hybridized carbons (Fsp3) is 0.188. The van der Waals surface area contributed by atoms with E-state index in [1.165, 1.54) is 0 Å². The van der Waals surface area contributed by atoms with Gasteiger partial charge in [-0.1, -0.05) is 29.8 Å². The number of nitrogen functional groups attached to an aromatic ring is 1. The maximum Gasteiger partial charge on any atom is 0.228 e. The van der Waals surface area contributed by atoms with Crippen molar-refractivity contribution in [2.75, 3.05) is 16.4 Å². The maximum absolute atomic E-state index is 11.4. The number of hydrogen-bond donors (Lipinski definition) is 3. The van der Waals surface area contributed by atoms with Crippen molar-refractivity contribution in [1.29, 1.82) is 0 Å². The van der Waals surface area contributed by atoms with Crippen LogP contribution in [0.2, 0.25) is 5.02 Å². The molecule has 1 unspecified atom stereocenters. The Kier molecular flexibility index (Phi) is 3.47. The number of benzene rings is 2. The van der Waals surface area contributed by atoms with E-state index in [-0.39, 0.29) is 11.9 Å². The van der Waals surface area contributed by atoms with Gasteiger partial charge in [-0.05, 0) is 36.2 Å². The third kappa shape index (κ3) is 2.67.